The third-order valence-corrected chi connectivity index (χ3v) is 6.38. The summed E-state index contributed by atoms with van der Waals surface area (Å²) in [6.07, 6.45) is 6.22. The van der Waals surface area contributed by atoms with E-state index >= 15 is 0 Å². The van der Waals surface area contributed by atoms with Crippen LogP contribution < -0.4 is 10.1 Å². The number of hydrogen-bond acceptors (Lipinski definition) is 3. The third-order valence-electron chi connectivity index (χ3n) is 6.38. The van der Waals surface area contributed by atoms with Crippen LogP contribution in [0.4, 0.5) is 0 Å². The molecule has 0 aliphatic heterocycles. The number of aromatic nitrogens is 2. The zero-order valence-corrected chi connectivity index (χ0v) is 19.0. The Balaban J connectivity index is 1.19. The summed E-state index contributed by atoms with van der Waals surface area (Å²) in [7, 11) is 0. The van der Waals surface area contributed by atoms with Gasteiger partial charge in [-0.3, -0.25) is 4.79 Å². The van der Waals surface area contributed by atoms with Gasteiger partial charge in [-0.25, -0.2) is 4.98 Å². The van der Waals surface area contributed by atoms with Gasteiger partial charge < -0.3 is 14.6 Å². The molecule has 0 unspecified atom stereocenters. The Morgan fingerprint density at radius 2 is 1.79 bits per heavy atom. The van der Waals surface area contributed by atoms with Crippen LogP contribution in [0, 0.1) is 5.92 Å². The van der Waals surface area contributed by atoms with Crippen molar-refractivity contribution in [3.8, 4) is 5.75 Å². The van der Waals surface area contributed by atoms with E-state index in [1.807, 2.05) is 24.3 Å². The molecule has 1 amide bonds. The first-order valence-electron chi connectivity index (χ1n) is 12.1. The molecule has 5 nitrogen and oxygen atoms in total. The number of imidazole rings is 1. The molecule has 1 aliphatic rings. The lowest BCUT2D eigenvalue weighted by Crippen LogP contribution is -2.25. The number of carbonyl (C=O) groups is 1. The lowest BCUT2D eigenvalue weighted by molar-refractivity contribution is -0.122. The lowest BCUT2D eigenvalue weighted by Gasteiger charge is -2.12. The Morgan fingerprint density at radius 1 is 0.970 bits per heavy atom. The van der Waals surface area contributed by atoms with E-state index in [9.17, 15) is 4.79 Å². The van der Waals surface area contributed by atoms with Crippen LogP contribution in [0.25, 0.3) is 21.8 Å². The van der Waals surface area contributed by atoms with Crippen LogP contribution >= 0.6 is 0 Å². The molecule has 0 atom stereocenters. The molecule has 0 saturated heterocycles. The smallest absolute Gasteiger partial charge is 0.223 e. The molecule has 170 valence electrons. The van der Waals surface area contributed by atoms with E-state index in [4.69, 9.17) is 9.72 Å². The fraction of sp³-hybridized carbons (Fsp3) is 0.357. The topological polar surface area (TPSA) is 56.2 Å². The van der Waals surface area contributed by atoms with Crippen LogP contribution in [0.2, 0.25) is 0 Å². The van der Waals surface area contributed by atoms with Gasteiger partial charge in [-0.05, 0) is 49.3 Å². The minimum absolute atomic E-state index is 0.239. The summed E-state index contributed by atoms with van der Waals surface area (Å²) >= 11 is 0. The molecule has 0 bridgehead atoms. The van der Waals surface area contributed by atoms with E-state index in [-0.39, 0.29) is 5.91 Å². The minimum atomic E-state index is 0.239. The average molecular weight is 442 g/mol. The monoisotopic (exact) mass is 441 g/mol. The van der Waals surface area contributed by atoms with Crippen LogP contribution in [0.15, 0.2) is 66.7 Å². The molecule has 4 aromatic rings. The number of benzene rings is 3. The Hall–Kier alpha value is -3.34. The van der Waals surface area contributed by atoms with Crippen molar-refractivity contribution < 1.29 is 9.53 Å². The van der Waals surface area contributed by atoms with E-state index in [1.54, 1.807) is 0 Å². The van der Waals surface area contributed by atoms with Crippen molar-refractivity contribution in [1.29, 1.82) is 0 Å². The Kier molecular flexibility index (Phi) is 6.56. The van der Waals surface area contributed by atoms with Gasteiger partial charge in [-0.2, -0.15) is 0 Å². The summed E-state index contributed by atoms with van der Waals surface area (Å²) in [6.45, 7) is 2.13. The second kappa shape index (κ2) is 10.1. The van der Waals surface area contributed by atoms with Crippen molar-refractivity contribution in [2.75, 3.05) is 13.2 Å². The van der Waals surface area contributed by atoms with Crippen molar-refractivity contribution in [2.24, 2.45) is 5.92 Å². The fourth-order valence-electron chi connectivity index (χ4n) is 4.42. The van der Waals surface area contributed by atoms with Crippen LogP contribution in [0.5, 0.6) is 5.75 Å². The lowest BCUT2D eigenvalue weighted by atomic mass is 10.1. The van der Waals surface area contributed by atoms with Gasteiger partial charge in [0.1, 0.15) is 18.2 Å². The highest BCUT2D eigenvalue weighted by molar-refractivity contribution is 5.88. The number of ether oxygens (including phenoxy) is 1. The normalized spacial score (nSPS) is 13.5. The second-order valence-corrected chi connectivity index (χ2v) is 8.87. The summed E-state index contributed by atoms with van der Waals surface area (Å²) in [4.78, 5) is 16.6. The highest BCUT2D eigenvalue weighted by Gasteiger charge is 2.28. The summed E-state index contributed by atoms with van der Waals surface area (Å²) in [6, 6.07) is 22.8. The number of hydrogen-bond donors (Lipinski definition) is 1. The molecule has 1 fully saturated rings. The highest BCUT2D eigenvalue weighted by Crippen LogP contribution is 2.28. The van der Waals surface area contributed by atoms with Gasteiger partial charge in [0.15, 0.2) is 0 Å². The van der Waals surface area contributed by atoms with Crippen molar-refractivity contribution in [1.82, 2.24) is 14.9 Å². The summed E-state index contributed by atoms with van der Waals surface area (Å²) in [5, 5.41) is 5.39. The molecule has 5 heteroatoms. The van der Waals surface area contributed by atoms with Crippen LogP contribution in [-0.4, -0.2) is 28.6 Å². The number of rotatable bonds is 11. The maximum Gasteiger partial charge on any atom is 0.223 e. The van der Waals surface area contributed by atoms with Gasteiger partial charge in [0.2, 0.25) is 5.91 Å². The van der Waals surface area contributed by atoms with Crippen molar-refractivity contribution in [3.05, 3.63) is 72.6 Å². The summed E-state index contributed by atoms with van der Waals surface area (Å²) in [5.74, 6) is 2.57. The number of amides is 1. The van der Waals surface area contributed by atoms with Gasteiger partial charge in [-0.15, -0.1) is 0 Å². The van der Waals surface area contributed by atoms with E-state index in [2.05, 4.69) is 52.3 Å². The quantitative estimate of drug-likeness (QED) is 0.312. The molecule has 1 aromatic heterocycles. The zero-order valence-electron chi connectivity index (χ0n) is 19.0. The van der Waals surface area contributed by atoms with E-state index in [1.165, 1.54) is 5.39 Å². The molecule has 1 saturated carbocycles. The predicted molar refractivity (Wildman–Crippen MR) is 132 cm³/mol. The number of unbranched alkanes of at least 4 members (excludes halogenated alkanes) is 2. The van der Waals surface area contributed by atoms with Gasteiger partial charge in [0.05, 0.1) is 17.6 Å². The van der Waals surface area contributed by atoms with Crippen molar-refractivity contribution >= 4 is 27.7 Å². The minimum Gasteiger partial charge on any atom is -0.491 e. The van der Waals surface area contributed by atoms with Gasteiger partial charge in [0.25, 0.3) is 0 Å². The molecule has 0 radical (unpaired) electrons. The first-order chi connectivity index (χ1) is 16.3. The molecular weight excluding hydrogens is 410 g/mol. The molecule has 3 aromatic carbocycles. The highest BCUT2D eigenvalue weighted by atomic mass is 16.5. The standard InChI is InChI=1S/C28H31N3O2/c32-28(22-16-17-22)29-18-7-1-2-15-27-30-24-12-5-6-13-25(24)31(27)19-20-33-26-14-8-10-21-9-3-4-11-23(21)26/h3-6,8-14,22H,1-2,7,15-20H2,(H,29,32). The SMILES string of the molecule is O=C(NCCCCCc1nc2ccccc2n1CCOc1cccc2ccccc12)C1CC1. The number of nitrogens with zero attached hydrogens (tertiary/aromatic N) is 2. The van der Waals surface area contributed by atoms with Crippen LogP contribution in [0.1, 0.15) is 37.9 Å². The molecule has 1 aliphatic carbocycles. The second-order valence-electron chi connectivity index (χ2n) is 8.87. The largest absolute Gasteiger partial charge is 0.491 e. The van der Waals surface area contributed by atoms with E-state index < -0.39 is 0 Å². The number of fused-ring (bicyclic) bond motifs is 2. The predicted octanol–water partition coefficient (Wildman–Crippen LogP) is 5.51. The molecule has 33 heavy (non-hydrogen) atoms. The summed E-state index contributed by atoms with van der Waals surface area (Å²) in [5.41, 5.74) is 2.19. The summed E-state index contributed by atoms with van der Waals surface area (Å²) < 4.78 is 8.51. The Bertz CT molecular complexity index is 1240. The first kappa shape index (κ1) is 21.5. The molecule has 1 N–H and O–H groups in total. The third kappa shape index (κ3) is 5.19. The van der Waals surface area contributed by atoms with E-state index in [0.29, 0.717) is 12.5 Å². The van der Waals surface area contributed by atoms with Crippen LogP contribution in [-0.2, 0) is 17.8 Å². The maximum atomic E-state index is 11.7. The fourth-order valence-corrected chi connectivity index (χ4v) is 4.42. The number of carbonyl (C=O) groups excluding carboxylic acids is 1. The maximum absolute atomic E-state index is 11.7. The van der Waals surface area contributed by atoms with E-state index in [0.717, 1.165) is 79.6 Å². The molecular formula is C28H31N3O2. The number of nitrogens with one attached hydrogen (secondary N) is 1. The zero-order chi connectivity index (χ0) is 22.5. The molecule has 0 spiro atoms. The van der Waals surface area contributed by atoms with Gasteiger partial charge in [0, 0.05) is 24.3 Å². The number of para-hydroxylation sites is 2. The first-order valence-corrected chi connectivity index (χ1v) is 12.1. The van der Waals surface area contributed by atoms with Crippen LogP contribution in [0.3, 0.4) is 0 Å². The van der Waals surface area contributed by atoms with Crippen molar-refractivity contribution in [2.45, 2.75) is 45.1 Å². The Morgan fingerprint density at radius 3 is 2.70 bits per heavy atom. The molecule has 5 rings (SSSR count). The average Bonchev–Trinajstić information content (AvgIpc) is 3.64. The van der Waals surface area contributed by atoms with Crippen molar-refractivity contribution in [3.63, 3.8) is 0 Å². The Labute approximate surface area is 194 Å². The number of aryl methyl sites for hydroxylation is 1. The van der Waals surface area contributed by atoms with Gasteiger partial charge >= 0.3 is 0 Å². The van der Waals surface area contributed by atoms with Gasteiger partial charge in [-0.1, -0.05) is 55.0 Å². The molecule has 1 heterocycles.